The predicted molar refractivity (Wildman–Crippen MR) is 93.8 cm³/mol. The maximum Gasteiger partial charge on any atom is 0.170 e. The molecule has 0 bridgehead atoms. The maximum absolute atomic E-state index is 6.43. The number of fused-ring (bicyclic) bond motifs is 7. The quantitative estimate of drug-likeness (QED) is 0.339. The first-order valence-corrected chi connectivity index (χ1v) is 7.87. The first-order chi connectivity index (χ1) is 11.3. The van der Waals surface area contributed by atoms with Crippen LogP contribution >= 0.6 is 11.6 Å². The van der Waals surface area contributed by atoms with Gasteiger partial charge >= 0.3 is 0 Å². The Labute approximate surface area is 138 Å². The van der Waals surface area contributed by atoms with Gasteiger partial charge in [0.15, 0.2) is 5.75 Å². The summed E-state index contributed by atoms with van der Waals surface area (Å²) in [6, 6.07) is 24.5. The molecule has 0 saturated heterocycles. The van der Waals surface area contributed by atoms with Crippen LogP contribution in [0.3, 0.4) is 0 Å². The lowest BCUT2D eigenvalue weighted by Crippen LogP contribution is -1.96. The highest BCUT2D eigenvalue weighted by atomic mass is 35.5. The summed E-state index contributed by atoms with van der Waals surface area (Å²) in [5.41, 5.74) is 4.29. The van der Waals surface area contributed by atoms with Gasteiger partial charge in [0, 0.05) is 10.9 Å². The molecule has 1 aliphatic heterocycles. The number of aromatic nitrogens is 1. The number of hydrogen-bond acceptors (Lipinski definition) is 1. The van der Waals surface area contributed by atoms with Crippen molar-refractivity contribution in [1.29, 1.82) is 0 Å². The fraction of sp³-hybridized carbons (Fsp3) is 0. The summed E-state index contributed by atoms with van der Waals surface area (Å²) >= 11 is 6.43. The summed E-state index contributed by atoms with van der Waals surface area (Å²) in [6.45, 7) is 0. The van der Waals surface area contributed by atoms with Gasteiger partial charge in [-0.15, -0.1) is 0 Å². The van der Waals surface area contributed by atoms with Crippen LogP contribution in [-0.2, 0) is 0 Å². The molecular weight excluding hydrogens is 306 g/mol. The van der Waals surface area contributed by atoms with Crippen LogP contribution in [0.15, 0.2) is 72.8 Å². The SMILES string of the molecule is Clc1cccc2c1Oc1ccccc1-c1cc3ccccc3n1-2. The first-order valence-electron chi connectivity index (χ1n) is 7.49. The van der Waals surface area contributed by atoms with Crippen molar-refractivity contribution in [1.82, 2.24) is 4.57 Å². The lowest BCUT2D eigenvalue weighted by Gasteiger charge is -2.12. The molecule has 0 atom stereocenters. The molecule has 4 aromatic rings. The van der Waals surface area contributed by atoms with Crippen molar-refractivity contribution in [2.45, 2.75) is 0 Å². The van der Waals surface area contributed by atoms with E-state index in [0.29, 0.717) is 10.8 Å². The molecule has 0 saturated carbocycles. The van der Waals surface area contributed by atoms with E-state index < -0.39 is 0 Å². The summed E-state index contributed by atoms with van der Waals surface area (Å²) in [5.74, 6) is 1.52. The monoisotopic (exact) mass is 317 g/mol. The number of hydrogen-bond donors (Lipinski definition) is 0. The van der Waals surface area contributed by atoms with E-state index in [0.717, 1.165) is 28.2 Å². The van der Waals surface area contributed by atoms with Crippen molar-refractivity contribution in [3.63, 3.8) is 0 Å². The largest absolute Gasteiger partial charge is 0.453 e. The number of ether oxygens (including phenoxy) is 1. The zero-order chi connectivity index (χ0) is 15.4. The van der Waals surface area contributed by atoms with Gasteiger partial charge in [-0.2, -0.15) is 0 Å². The van der Waals surface area contributed by atoms with Crippen molar-refractivity contribution in [2.75, 3.05) is 0 Å². The van der Waals surface area contributed by atoms with Crippen molar-refractivity contribution >= 4 is 22.5 Å². The number of halogens is 1. The third-order valence-corrected chi connectivity index (χ3v) is 4.57. The van der Waals surface area contributed by atoms with Crippen molar-refractivity contribution in [3.8, 4) is 28.4 Å². The molecule has 2 nitrogen and oxygen atoms in total. The van der Waals surface area contributed by atoms with E-state index in [4.69, 9.17) is 16.3 Å². The topological polar surface area (TPSA) is 14.2 Å². The molecule has 23 heavy (non-hydrogen) atoms. The molecule has 2 heterocycles. The van der Waals surface area contributed by atoms with Crippen LogP contribution in [0.5, 0.6) is 11.5 Å². The van der Waals surface area contributed by atoms with Crippen LogP contribution in [0.4, 0.5) is 0 Å². The first kappa shape index (κ1) is 12.8. The average molecular weight is 318 g/mol. The molecule has 3 aromatic carbocycles. The highest BCUT2D eigenvalue weighted by Gasteiger charge is 2.23. The van der Waals surface area contributed by atoms with Crippen LogP contribution in [0.2, 0.25) is 5.02 Å². The Balaban J connectivity index is 2.01. The second kappa shape index (κ2) is 4.64. The molecule has 110 valence electrons. The van der Waals surface area contributed by atoms with Gasteiger partial charge in [-0.25, -0.2) is 0 Å². The summed E-state index contributed by atoms with van der Waals surface area (Å²) in [7, 11) is 0. The van der Waals surface area contributed by atoms with Crippen LogP contribution in [0, 0.1) is 0 Å². The minimum absolute atomic E-state index is 0.614. The van der Waals surface area contributed by atoms with E-state index in [9.17, 15) is 0 Å². The molecule has 0 aliphatic carbocycles. The maximum atomic E-state index is 6.43. The summed E-state index contributed by atoms with van der Waals surface area (Å²) < 4.78 is 8.39. The van der Waals surface area contributed by atoms with Crippen LogP contribution in [0.25, 0.3) is 27.8 Å². The molecule has 0 radical (unpaired) electrons. The Morgan fingerprint density at radius 2 is 1.65 bits per heavy atom. The van der Waals surface area contributed by atoms with Gasteiger partial charge in [-0.3, -0.25) is 0 Å². The molecule has 0 spiro atoms. The third kappa shape index (κ3) is 1.76. The van der Waals surface area contributed by atoms with Gasteiger partial charge in [0.2, 0.25) is 0 Å². The number of nitrogens with zero attached hydrogens (tertiary/aromatic N) is 1. The zero-order valence-electron chi connectivity index (χ0n) is 12.2. The van der Waals surface area contributed by atoms with Gasteiger partial charge in [0.25, 0.3) is 0 Å². The van der Waals surface area contributed by atoms with Crippen molar-refractivity contribution < 1.29 is 4.74 Å². The Bertz CT molecular complexity index is 1060. The predicted octanol–water partition coefficient (Wildman–Crippen LogP) is 6.06. The normalized spacial score (nSPS) is 12.0. The Hall–Kier alpha value is -2.71. The molecule has 0 N–H and O–H groups in total. The lowest BCUT2D eigenvalue weighted by molar-refractivity contribution is 0.486. The molecule has 0 fully saturated rings. The number of para-hydroxylation sites is 3. The van der Waals surface area contributed by atoms with E-state index in [1.165, 1.54) is 5.39 Å². The molecule has 0 amide bonds. The smallest absolute Gasteiger partial charge is 0.170 e. The fourth-order valence-corrected chi connectivity index (χ4v) is 3.47. The molecular formula is C20H12ClNO. The molecule has 1 aliphatic rings. The zero-order valence-corrected chi connectivity index (χ0v) is 12.9. The summed E-state index contributed by atoms with van der Waals surface area (Å²) in [5, 5.41) is 1.81. The van der Waals surface area contributed by atoms with Crippen LogP contribution in [0.1, 0.15) is 0 Å². The molecule has 1 aromatic heterocycles. The standard InChI is InChI=1S/C20H12ClNO/c21-15-8-5-10-17-20(15)23-19-11-4-2-7-14(19)18-12-13-6-1-3-9-16(13)22(17)18/h1-12H. The van der Waals surface area contributed by atoms with Gasteiger partial charge < -0.3 is 9.30 Å². The highest BCUT2D eigenvalue weighted by Crippen LogP contribution is 2.46. The molecule has 3 heteroatoms. The second-order valence-electron chi connectivity index (χ2n) is 5.61. The van der Waals surface area contributed by atoms with E-state index in [1.54, 1.807) is 0 Å². The minimum Gasteiger partial charge on any atom is -0.453 e. The molecule has 5 rings (SSSR count). The minimum atomic E-state index is 0.614. The summed E-state index contributed by atoms with van der Waals surface area (Å²) in [4.78, 5) is 0. The van der Waals surface area contributed by atoms with Gasteiger partial charge in [0.1, 0.15) is 5.75 Å². The van der Waals surface area contributed by atoms with E-state index in [2.05, 4.69) is 41.0 Å². The number of rotatable bonds is 0. The van der Waals surface area contributed by atoms with Crippen molar-refractivity contribution in [3.05, 3.63) is 77.8 Å². The molecule has 0 unspecified atom stereocenters. The van der Waals surface area contributed by atoms with Crippen LogP contribution in [-0.4, -0.2) is 4.57 Å². The lowest BCUT2D eigenvalue weighted by atomic mass is 10.1. The second-order valence-corrected chi connectivity index (χ2v) is 6.02. The Kier molecular flexibility index (Phi) is 2.58. The number of benzene rings is 3. The van der Waals surface area contributed by atoms with Gasteiger partial charge in [0.05, 0.1) is 21.9 Å². The summed E-state index contributed by atoms with van der Waals surface area (Å²) in [6.07, 6.45) is 0. The Morgan fingerprint density at radius 3 is 2.61 bits per heavy atom. The van der Waals surface area contributed by atoms with Gasteiger partial charge in [-0.1, -0.05) is 48.0 Å². The fourth-order valence-electron chi connectivity index (χ4n) is 3.26. The van der Waals surface area contributed by atoms with E-state index in [-0.39, 0.29) is 0 Å². The average Bonchev–Trinajstić information content (AvgIpc) is 2.90. The van der Waals surface area contributed by atoms with Crippen LogP contribution < -0.4 is 4.74 Å². The third-order valence-electron chi connectivity index (χ3n) is 4.27. The van der Waals surface area contributed by atoms with Crippen molar-refractivity contribution in [2.24, 2.45) is 0 Å². The van der Waals surface area contributed by atoms with E-state index in [1.807, 2.05) is 36.4 Å². The highest BCUT2D eigenvalue weighted by molar-refractivity contribution is 6.32. The van der Waals surface area contributed by atoms with Gasteiger partial charge in [-0.05, 0) is 36.4 Å². The van der Waals surface area contributed by atoms with E-state index >= 15 is 0 Å². The Morgan fingerprint density at radius 1 is 0.826 bits per heavy atom.